The lowest BCUT2D eigenvalue weighted by atomic mass is 10.2. The molecule has 0 aromatic heterocycles. The number of carbonyl (C=O) groups excluding carboxylic acids is 1. The summed E-state index contributed by atoms with van der Waals surface area (Å²) in [6.45, 7) is 4.40. The van der Waals surface area contributed by atoms with Crippen LogP contribution in [0, 0.1) is 0 Å². The third-order valence-corrected chi connectivity index (χ3v) is 3.19. The van der Waals surface area contributed by atoms with Gasteiger partial charge < -0.3 is 15.8 Å². The number of carbonyl (C=O) groups is 1. The maximum atomic E-state index is 11.7. The molecule has 3 N–H and O–H groups in total. The molecule has 1 aromatic carbocycles. The number of hydrogen-bond donors (Lipinski definition) is 2. The molecule has 0 unspecified atom stereocenters. The number of amides is 1. The monoisotopic (exact) mass is 284 g/mol. The Morgan fingerprint density at radius 3 is 2.68 bits per heavy atom. The van der Waals surface area contributed by atoms with Gasteiger partial charge in [-0.15, -0.1) is 0 Å². The lowest BCUT2D eigenvalue weighted by Gasteiger charge is -2.15. The first-order chi connectivity index (χ1) is 9.10. The summed E-state index contributed by atoms with van der Waals surface area (Å²) in [7, 11) is 0. The molecule has 1 rings (SSSR count). The van der Waals surface area contributed by atoms with Gasteiger partial charge in [-0.3, -0.25) is 4.79 Å². The molecule has 0 fully saturated rings. The van der Waals surface area contributed by atoms with Gasteiger partial charge in [0.15, 0.2) is 6.61 Å². The van der Waals surface area contributed by atoms with Crippen LogP contribution in [0.1, 0.15) is 32.3 Å². The predicted molar refractivity (Wildman–Crippen MR) is 77.4 cm³/mol. The minimum absolute atomic E-state index is 0.00880. The molecule has 0 aliphatic rings. The van der Waals surface area contributed by atoms with Crippen LogP contribution in [0.15, 0.2) is 18.2 Å². The molecule has 0 aliphatic carbocycles. The van der Waals surface area contributed by atoms with Gasteiger partial charge in [-0.25, -0.2) is 0 Å². The van der Waals surface area contributed by atoms with Gasteiger partial charge in [0.2, 0.25) is 0 Å². The third kappa shape index (κ3) is 5.09. The van der Waals surface area contributed by atoms with Crippen molar-refractivity contribution in [3.05, 3.63) is 28.8 Å². The molecule has 0 atom stereocenters. The van der Waals surface area contributed by atoms with Crippen LogP contribution in [-0.2, 0) is 11.3 Å². The number of halogens is 1. The first-order valence-electron chi connectivity index (χ1n) is 6.51. The van der Waals surface area contributed by atoms with E-state index in [2.05, 4.69) is 5.32 Å². The lowest BCUT2D eigenvalue weighted by Crippen LogP contribution is -2.37. The predicted octanol–water partition coefficient (Wildman–Crippen LogP) is 2.48. The van der Waals surface area contributed by atoms with Gasteiger partial charge in [0, 0.05) is 23.2 Å². The summed E-state index contributed by atoms with van der Waals surface area (Å²) in [6, 6.07) is 5.40. The molecule has 0 aliphatic heterocycles. The summed E-state index contributed by atoms with van der Waals surface area (Å²) in [5, 5.41) is 3.52. The van der Waals surface area contributed by atoms with Crippen molar-refractivity contribution < 1.29 is 9.53 Å². The zero-order valence-corrected chi connectivity index (χ0v) is 12.2. The summed E-state index contributed by atoms with van der Waals surface area (Å²) < 4.78 is 5.48. The maximum absolute atomic E-state index is 11.7. The normalized spacial score (nSPS) is 10.6. The van der Waals surface area contributed by atoms with E-state index in [1.54, 1.807) is 18.2 Å². The number of ether oxygens (including phenoxy) is 1. The minimum atomic E-state index is -0.119. The van der Waals surface area contributed by atoms with Crippen molar-refractivity contribution in [3.63, 3.8) is 0 Å². The van der Waals surface area contributed by atoms with Crippen LogP contribution >= 0.6 is 11.6 Å². The Balaban J connectivity index is 2.54. The number of benzene rings is 1. The highest BCUT2D eigenvalue weighted by Gasteiger charge is 2.10. The summed E-state index contributed by atoms with van der Waals surface area (Å²) in [5.41, 5.74) is 6.40. The Bertz CT molecular complexity index is 420. The van der Waals surface area contributed by atoms with Gasteiger partial charge in [0.1, 0.15) is 5.75 Å². The first kappa shape index (κ1) is 15.8. The van der Waals surface area contributed by atoms with Crippen molar-refractivity contribution in [1.29, 1.82) is 0 Å². The molecular weight excluding hydrogens is 264 g/mol. The molecule has 0 saturated heterocycles. The van der Waals surface area contributed by atoms with E-state index in [0.717, 1.165) is 18.4 Å². The van der Waals surface area contributed by atoms with Crippen LogP contribution in [0.25, 0.3) is 0 Å². The fourth-order valence-electron chi connectivity index (χ4n) is 1.75. The van der Waals surface area contributed by atoms with E-state index in [0.29, 0.717) is 17.3 Å². The topological polar surface area (TPSA) is 64.3 Å². The van der Waals surface area contributed by atoms with E-state index in [1.165, 1.54) is 0 Å². The molecule has 0 heterocycles. The van der Waals surface area contributed by atoms with Gasteiger partial charge in [-0.1, -0.05) is 25.4 Å². The number of nitrogens with two attached hydrogens (primary N) is 1. The van der Waals surface area contributed by atoms with E-state index in [1.807, 2.05) is 13.8 Å². The fourth-order valence-corrected chi connectivity index (χ4v) is 1.95. The van der Waals surface area contributed by atoms with E-state index in [-0.39, 0.29) is 18.6 Å². The minimum Gasteiger partial charge on any atom is -0.483 e. The van der Waals surface area contributed by atoms with Crippen LogP contribution < -0.4 is 15.8 Å². The molecule has 19 heavy (non-hydrogen) atoms. The quantitative estimate of drug-likeness (QED) is 0.808. The van der Waals surface area contributed by atoms with Gasteiger partial charge in [0.05, 0.1) is 0 Å². The van der Waals surface area contributed by atoms with Crippen molar-refractivity contribution in [2.75, 3.05) is 6.61 Å². The molecule has 0 saturated carbocycles. The Morgan fingerprint density at radius 1 is 1.42 bits per heavy atom. The van der Waals surface area contributed by atoms with Crippen LogP contribution in [0.2, 0.25) is 5.02 Å². The van der Waals surface area contributed by atoms with Crippen molar-refractivity contribution in [2.24, 2.45) is 5.73 Å². The summed E-state index contributed by atoms with van der Waals surface area (Å²) >= 11 is 5.87. The SMILES string of the molecule is CCC(CC)NC(=O)COc1ccc(Cl)cc1CN. The molecule has 106 valence electrons. The smallest absolute Gasteiger partial charge is 0.258 e. The summed E-state index contributed by atoms with van der Waals surface area (Å²) in [5.74, 6) is 0.484. The Labute approximate surface area is 119 Å². The van der Waals surface area contributed by atoms with Gasteiger partial charge in [-0.2, -0.15) is 0 Å². The largest absolute Gasteiger partial charge is 0.483 e. The second-order valence-corrected chi connectivity index (χ2v) is 4.76. The molecule has 0 spiro atoms. The summed E-state index contributed by atoms with van der Waals surface area (Å²) in [6.07, 6.45) is 1.83. The Kier molecular flexibility index (Phi) is 6.67. The lowest BCUT2D eigenvalue weighted by molar-refractivity contribution is -0.123. The standard InChI is InChI=1S/C14H21ClN2O2/c1-3-12(4-2)17-14(18)9-19-13-6-5-11(15)7-10(13)8-16/h5-7,12H,3-4,8-9,16H2,1-2H3,(H,17,18). The molecule has 4 nitrogen and oxygen atoms in total. The Morgan fingerprint density at radius 2 is 2.11 bits per heavy atom. The number of nitrogens with one attached hydrogen (secondary N) is 1. The van der Waals surface area contributed by atoms with E-state index >= 15 is 0 Å². The van der Waals surface area contributed by atoms with Gasteiger partial charge in [0.25, 0.3) is 5.91 Å². The van der Waals surface area contributed by atoms with Crippen LogP contribution in [0.3, 0.4) is 0 Å². The van der Waals surface area contributed by atoms with E-state index in [9.17, 15) is 4.79 Å². The highest BCUT2D eigenvalue weighted by molar-refractivity contribution is 6.30. The average Bonchev–Trinajstić information content (AvgIpc) is 2.43. The van der Waals surface area contributed by atoms with Crippen LogP contribution in [0.5, 0.6) is 5.75 Å². The zero-order valence-electron chi connectivity index (χ0n) is 11.4. The molecule has 5 heteroatoms. The van der Waals surface area contributed by atoms with Crippen LogP contribution in [0.4, 0.5) is 0 Å². The maximum Gasteiger partial charge on any atom is 0.258 e. The van der Waals surface area contributed by atoms with E-state index in [4.69, 9.17) is 22.1 Å². The zero-order chi connectivity index (χ0) is 14.3. The van der Waals surface area contributed by atoms with Crippen molar-refractivity contribution in [3.8, 4) is 5.75 Å². The third-order valence-electron chi connectivity index (χ3n) is 2.95. The number of hydrogen-bond acceptors (Lipinski definition) is 3. The average molecular weight is 285 g/mol. The molecule has 1 amide bonds. The van der Waals surface area contributed by atoms with Gasteiger partial charge >= 0.3 is 0 Å². The fraction of sp³-hybridized carbons (Fsp3) is 0.500. The highest BCUT2D eigenvalue weighted by atomic mass is 35.5. The number of rotatable bonds is 7. The molecular formula is C14H21ClN2O2. The molecule has 0 radical (unpaired) electrons. The van der Waals surface area contributed by atoms with E-state index < -0.39 is 0 Å². The van der Waals surface area contributed by atoms with Crippen LogP contribution in [-0.4, -0.2) is 18.6 Å². The molecule has 1 aromatic rings. The van der Waals surface area contributed by atoms with Crippen molar-refractivity contribution >= 4 is 17.5 Å². The summed E-state index contributed by atoms with van der Waals surface area (Å²) in [4.78, 5) is 11.7. The first-order valence-corrected chi connectivity index (χ1v) is 6.89. The Hall–Kier alpha value is -1.26. The van der Waals surface area contributed by atoms with Crippen molar-refractivity contribution in [1.82, 2.24) is 5.32 Å². The van der Waals surface area contributed by atoms with Gasteiger partial charge in [-0.05, 0) is 31.0 Å². The van der Waals surface area contributed by atoms with Crippen molar-refractivity contribution in [2.45, 2.75) is 39.3 Å². The second kappa shape index (κ2) is 8.02. The second-order valence-electron chi connectivity index (χ2n) is 4.33. The highest BCUT2D eigenvalue weighted by Crippen LogP contribution is 2.22. The molecule has 0 bridgehead atoms.